The number of esters is 1. The highest BCUT2D eigenvalue weighted by Gasteiger charge is 2.31. The summed E-state index contributed by atoms with van der Waals surface area (Å²) in [6.07, 6.45) is 10.8. The molecule has 3 rings (SSSR count). The summed E-state index contributed by atoms with van der Waals surface area (Å²) in [5.74, 6) is 0.0470. The number of rotatable bonds is 7. The Hall–Kier alpha value is -2.76. The molecule has 0 saturated heterocycles. The van der Waals surface area contributed by atoms with Gasteiger partial charge in [-0.1, -0.05) is 23.8 Å². The van der Waals surface area contributed by atoms with E-state index in [-0.39, 0.29) is 29.9 Å². The number of cyclic esters (lactones) is 1. The molecule has 1 aliphatic heterocycles. The quantitative estimate of drug-likeness (QED) is 0.537. The van der Waals surface area contributed by atoms with Gasteiger partial charge in [0.25, 0.3) is 0 Å². The van der Waals surface area contributed by atoms with Crippen molar-refractivity contribution in [3.05, 3.63) is 46.1 Å². The van der Waals surface area contributed by atoms with Crippen LogP contribution in [0.3, 0.4) is 0 Å². The Balaban J connectivity index is 1.66. The maximum atomic E-state index is 12.2. The molecule has 0 saturated carbocycles. The molecule has 156 valence electrons. The number of ether oxygens (including phenoxy) is 2. The minimum atomic E-state index is -0.501. The van der Waals surface area contributed by atoms with Gasteiger partial charge in [0.2, 0.25) is 5.91 Å². The van der Waals surface area contributed by atoms with Gasteiger partial charge in [-0.15, -0.1) is 0 Å². The lowest BCUT2D eigenvalue weighted by molar-refractivity contribution is -0.121. The average molecular weight is 399 g/mol. The Labute approximate surface area is 171 Å². The number of hydrogen-bond acceptors (Lipinski definition) is 5. The fourth-order valence-electron chi connectivity index (χ4n) is 3.93. The van der Waals surface area contributed by atoms with Crippen molar-refractivity contribution in [2.75, 3.05) is 7.11 Å². The average Bonchev–Trinajstić information content (AvgIpc) is 3.11. The third-order valence-corrected chi connectivity index (χ3v) is 5.65. The number of amides is 1. The van der Waals surface area contributed by atoms with Crippen molar-refractivity contribution >= 4 is 11.9 Å². The van der Waals surface area contributed by atoms with Gasteiger partial charge >= 0.3 is 5.97 Å². The predicted molar refractivity (Wildman–Crippen MR) is 110 cm³/mol. The molecule has 29 heavy (non-hydrogen) atoms. The fraction of sp³-hybridized carbons (Fsp3) is 0.478. The normalized spacial score (nSPS) is 18.4. The number of carbonyl (C=O) groups is 2. The third kappa shape index (κ3) is 4.63. The highest BCUT2D eigenvalue weighted by molar-refractivity contribution is 5.98. The molecule has 2 aliphatic rings. The molecule has 1 unspecified atom stereocenters. The number of nitrogens with one attached hydrogen (secondary N) is 1. The second-order valence-electron chi connectivity index (χ2n) is 7.70. The molecule has 0 bridgehead atoms. The number of benzene rings is 1. The number of allylic oxidation sites excluding steroid dienone is 3. The number of aromatic hydroxyl groups is 1. The van der Waals surface area contributed by atoms with Crippen LogP contribution in [0.1, 0.15) is 66.1 Å². The maximum absolute atomic E-state index is 12.2. The van der Waals surface area contributed by atoms with E-state index >= 15 is 0 Å². The van der Waals surface area contributed by atoms with Crippen LogP contribution in [-0.2, 0) is 22.6 Å². The lowest BCUT2D eigenvalue weighted by Crippen LogP contribution is -2.34. The molecule has 1 atom stereocenters. The first-order valence-electron chi connectivity index (χ1n) is 10.1. The maximum Gasteiger partial charge on any atom is 0.342 e. The molecular weight excluding hydrogens is 370 g/mol. The van der Waals surface area contributed by atoms with Crippen LogP contribution in [0, 0.1) is 6.92 Å². The van der Waals surface area contributed by atoms with Gasteiger partial charge in [0.05, 0.1) is 7.11 Å². The first-order chi connectivity index (χ1) is 13.9. The lowest BCUT2D eigenvalue weighted by Gasteiger charge is -2.18. The molecule has 6 heteroatoms. The molecule has 1 heterocycles. The van der Waals surface area contributed by atoms with Crippen molar-refractivity contribution in [2.24, 2.45) is 0 Å². The SMILES string of the molecule is COc1c(C)c2c(c(O)c1C/C=C(\C)CCC(=O)NC1C=CCCC1)C(=O)OC2. The predicted octanol–water partition coefficient (Wildman–Crippen LogP) is 3.87. The molecule has 1 aromatic carbocycles. The molecule has 2 N–H and O–H groups in total. The van der Waals surface area contributed by atoms with Crippen LogP contribution in [0.15, 0.2) is 23.8 Å². The Bertz CT molecular complexity index is 869. The van der Waals surface area contributed by atoms with E-state index in [9.17, 15) is 14.7 Å². The van der Waals surface area contributed by atoms with Crippen molar-refractivity contribution in [1.82, 2.24) is 5.32 Å². The standard InChI is InChI=1S/C23H29NO5/c1-14(10-12-19(25)24-16-7-5-4-6-8-16)9-11-17-21(26)20-18(13-29-23(20)27)15(2)22(17)28-3/h5,7,9,16,26H,4,6,8,10-13H2,1-3H3,(H,24,25)/b14-9+. The molecule has 0 fully saturated rings. The van der Waals surface area contributed by atoms with Crippen LogP contribution in [0.5, 0.6) is 11.5 Å². The number of hydrogen-bond donors (Lipinski definition) is 2. The summed E-state index contributed by atoms with van der Waals surface area (Å²) in [5.41, 5.74) is 3.35. The van der Waals surface area contributed by atoms with E-state index in [0.717, 1.165) is 30.4 Å². The topological polar surface area (TPSA) is 84.9 Å². The molecule has 0 radical (unpaired) electrons. The van der Waals surface area contributed by atoms with Gasteiger partial charge in [0.15, 0.2) is 0 Å². The molecule has 6 nitrogen and oxygen atoms in total. The van der Waals surface area contributed by atoms with E-state index in [0.29, 0.717) is 36.1 Å². The van der Waals surface area contributed by atoms with E-state index in [4.69, 9.17) is 9.47 Å². The number of phenolic OH excluding ortho intramolecular Hbond substituents is 1. The first kappa shape index (κ1) is 21.0. The van der Waals surface area contributed by atoms with Gasteiger partial charge in [-0.05, 0) is 51.5 Å². The Morgan fingerprint density at radius 1 is 1.41 bits per heavy atom. The van der Waals surface area contributed by atoms with Crippen molar-refractivity contribution in [3.63, 3.8) is 0 Å². The summed E-state index contributed by atoms with van der Waals surface area (Å²) in [5, 5.41) is 13.7. The highest BCUT2D eigenvalue weighted by atomic mass is 16.5. The van der Waals surface area contributed by atoms with E-state index in [1.807, 2.05) is 19.9 Å². The Morgan fingerprint density at radius 3 is 2.90 bits per heavy atom. The molecule has 1 aliphatic carbocycles. The van der Waals surface area contributed by atoms with Gasteiger partial charge in [0, 0.05) is 23.6 Å². The third-order valence-electron chi connectivity index (χ3n) is 5.65. The smallest absolute Gasteiger partial charge is 0.342 e. The van der Waals surface area contributed by atoms with Crippen molar-refractivity contribution in [3.8, 4) is 11.5 Å². The second-order valence-corrected chi connectivity index (χ2v) is 7.70. The van der Waals surface area contributed by atoms with Crippen LogP contribution in [0.4, 0.5) is 0 Å². The van der Waals surface area contributed by atoms with E-state index in [1.165, 1.54) is 0 Å². The van der Waals surface area contributed by atoms with Crippen LogP contribution in [0.25, 0.3) is 0 Å². The molecular formula is C23H29NO5. The largest absolute Gasteiger partial charge is 0.507 e. The number of phenols is 1. The summed E-state index contributed by atoms with van der Waals surface area (Å²) >= 11 is 0. The van der Waals surface area contributed by atoms with Crippen molar-refractivity contribution in [2.45, 2.75) is 65.0 Å². The summed E-state index contributed by atoms with van der Waals surface area (Å²) in [6, 6.07) is 0.149. The van der Waals surface area contributed by atoms with Gasteiger partial charge < -0.3 is 19.9 Å². The van der Waals surface area contributed by atoms with Crippen LogP contribution >= 0.6 is 0 Å². The number of methoxy groups -OCH3 is 1. The second kappa shape index (κ2) is 9.16. The van der Waals surface area contributed by atoms with Crippen LogP contribution in [-0.4, -0.2) is 30.1 Å². The minimum absolute atomic E-state index is 0.0471. The van der Waals surface area contributed by atoms with Gasteiger partial charge in [0.1, 0.15) is 23.7 Å². The zero-order valence-electron chi connectivity index (χ0n) is 17.3. The van der Waals surface area contributed by atoms with Gasteiger partial charge in [-0.25, -0.2) is 4.79 Å². The lowest BCUT2D eigenvalue weighted by atomic mass is 9.94. The van der Waals surface area contributed by atoms with E-state index in [1.54, 1.807) is 7.11 Å². The monoisotopic (exact) mass is 399 g/mol. The molecule has 0 aromatic heterocycles. The Kier molecular flexibility index (Phi) is 6.62. The first-order valence-corrected chi connectivity index (χ1v) is 10.1. The summed E-state index contributed by atoms with van der Waals surface area (Å²) in [6.45, 7) is 3.99. The Morgan fingerprint density at radius 2 is 2.21 bits per heavy atom. The number of fused-ring (bicyclic) bond motifs is 1. The minimum Gasteiger partial charge on any atom is -0.507 e. The molecule has 1 aromatic rings. The molecule has 1 amide bonds. The van der Waals surface area contributed by atoms with E-state index < -0.39 is 5.97 Å². The van der Waals surface area contributed by atoms with Crippen molar-refractivity contribution in [1.29, 1.82) is 0 Å². The van der Waals surface area contributed by atoms with E-state index in [2.05, 4.69) is 17.5 Å². The van der Waals surface area contributed by atoms with Gasteiger partial charge in [-0.2, -0.15) is 0 Å². The van der Waals surface area contributed by atoms with Crippen LogP contribution in [0.2, 0.25) is 0 Å². The van der Waals surface area contributed by atoms with Crippen molar-refractivity contribution < 1.29 is 24.2 Å². The fourth-order valence-corrected chi connectivity index (χ4v) is 3.93. The van der Waals surface area contributed by atoms with Gasteiger partial charge in [-0.3, -0.25) is 4.79 Å². The summed E-state index contributed by atoms with van der Waals surface area (Å²) in [4.78, 5) is 24.2. The summed E-state index contributed by atoms with van der Waals surface area (Å²) in [7, 11) is 1.55. The highest BCUT2D eigenvalue weighted by Crippen LogP contribution is 2.42. The zero-order chi connectivity index (χ0) is 21.0. The summed E-state index contributed by atoms with van der Waals surface area (Å²) < 4.78 is 10.6. The number of carbonyl (C=O) groups excluding carboxylic acids is 2. The van der Waals surface area contributed by atoms with Crippen LogP contribution < -0.4 is 10.1 Å². The molecule has 0 spiro atoms. The zero-order valence-corrected chi connectivity index (χ0v) is 17.3.